The van der Waals surface area contributed by atoms with Crippen LogP contribution in [0.25, 0.3) is 0 Å². The van der Waals surface area contributed by atoms with Crippen molar-refractivity contribution in [1.29, 1.82) is 0 Å². The van der Waals surface area contributed by atoms with Crippen LogP contribution in [0.1, 0.15) is 35.8 Å². The lowest BCUT2D eigenvalue weighted by Gasteiger charge is -2.35. The van der Waals surface area contributed by atoms with Crippen LogP contribution in [0.15, 0.2) is 71.2 Å². The molecule has 2 fully saturated rings. The summed E-state index contributed by atoms with van der Waals surface area (Å²) < 4.78 is 16.6. The number of hydroxylamine groups is 2. The Balaban J connectivity index is 1.48. The number of anilines is 1. The summed E-state index contributed by atoms with van der Waals surface area (Å²) >= 11 is 11.9. The number of carbonyl (C=O) groups excluding carboxylic acids is 7. The highest BCUT2D eigenvalue weighted by atomic mass is 35.5. The maximum atomic E-state index is 14.5. The highest BCUT2D eigenvalue weighted by Gasteiger charge is 2.65. The lowest BCUT2D eigenvalue weighted by atomic mass is 9.98. The van der Waals surface area contributed by atoms with Gasteiger partial charge in [0.25, 0.3) is 11.8 Å². The number of ether oxygens (including phenoxy) is 3. The number of carbonyl (C=O) groups is 7. The molecule has 1 unspecified atom stereocenters. The van der Waals surface area contributed by atoms with E-state index in [4.69, 9.17) is 47.1 Å². The number of imide groups is 1. The molecule has 18 nitrogen and oxygen atoms in total. The van der Waals surface area contributed by atoms with Crippen LogP contribution in [0.5, 0.6) is 0 Å². The molecule has 3 aromatic rings. The molecule has 2 atom stereocenters. The number of alkyl carbamates (subject to hydrolysis) is 1. The first-order valence-electron chi connectivity index (χ1n) is 15.7. The zero-order valence-electron chi connectivity index (χ0n) is 28.1. The zero-order chi connectivity index (χ0) is 38.9. The number of esters is 2. The lowest BCUT2D eigenvalue weighted by molar-refractivity contribution is -0.260. The average molecular weight is 806 g/mol. The second kappa shape index (κ2) is 17.5. The molecule has 2 aliphatic rings. The van der Waals surface area contributed by atoms with E-state index >= 15 is 0 Å². The van der Waals surface area contributed by atoms with E-state index in [1.807, 2.05) is 5.32 Å². The van der Waals surface area contributed by atoms with Gasteiger partial charge >= 0.3 is 23.8 Å². The van der Waals surface area contributed by atoms with Gasteiger partial charge in [0, 0.05) is 11.8 Å². The predicted octanol–water partition coefficient (Wildman–Crippen LogP) is 2.16. The predicted molar refractivity (Wildman–Crippen MR) is 188 cm³/mol. The normalized spacial score (nSPS) is 19.6. The van der Waals surface area contributed by atoms with Crippen LogP contribution in [0, 0.1) is 0 Å². The molecular formula is C33H30Cl2N6O12S. The van der Waals surface area contributed by atoms with Crippen LogP contribution in [0.2, 0.25) is 0 Å². The summed E-state index contributed by atoms with van der Waals surface area (Å²) in [6.45, 7) is -1.81. The number of thiazole rings is 1. The minimum atomic E-state index is -2.51. The van der Waals surface area contributed by atoms with Crippen molar-refractivity contribution in [2.45, 2.75) is 30.2 Å². The standard InChI is InChI=1S/C33H30Cl2N6O12S/c1-49-40-25(21-16-54-30(36-21)37-22(42)14-34)27(45)39-32(17-50-31(48)38-23(43)15-35)18-51-41(28(32)46)33(13-12-24(44)53-33)29(47)52-26(19-8-4-2-5-9-19)20-10-6-3-7-11-20/h2-11,16,26H,12-15,17-18H2,1H3,(H,39,45)(H,36,37,42)(H,38,43,48)/b40-25-/t32-,33?/m0/s1. The number of rotatable bonds is 14. The Morgan fingerprint density at radius 2 is 1.65 bits per heavy atom. The summed E-state index contributed by atoms with van der Waals surface area (Å²) in [6, 6.07) is 17.3. The van der Waals surface area contributed by atoms with Gasteiger partial charge < -0.3 is 29.7 Å². The van der Waals surface area contributed by atoms with Crippen molar-refractivity contribution < 1.29 is 57.4 Å². The van der Waals surface area contributed by atoms with Crippen molar-refractivity contribution in [3.63, 3.8) is 0 Å². The third-order valence-corrected chi connectivity index (χ3v) is 8.98. The van der Waals surface area contributed by atoms with Gasteiger partial charge in [-0.3, -0.25) is 34.1 Å². The molecule has 5 rings (SSSR count). The largest absolute Gasteiger partial charge is 0.448 e. The molecule has 21 heteroatoms. The third kappa shape index (κ3) is 8.76. The van der Waals surface area contributed by atoms with Crippen LogP contribution in [-0.4, -0.2) is 101 Å². The summed E-state index contributed by atoms with van der Waals surface area (Å²) in [7, 11) is 1.13. The topological polar surface area (TPSA) is 230 Å². The minimum absolute atomic E-state index is 0.0465. The Morgan fingerprint density at radius 3 is 2.22 bits per heavy atom. The van der Waals surface area contributed by atoms with E-state index in [1.165, 1.54) is 5.38 Å². The quantitative estimate of drug-likeness (QED) is 0.0699. The van der Waals surface area contributed by atoms with Gasteiger partial charge in [-0.1, -0.05) is 65.8 Å². The van der Waals surface area contributed by atoms with Gasteiger partial charge in [0.15, 0.2) is 22.5 Å². The molecule has 0 spiro atoms. The number of hydrogen-bond acceptors (Lipinski definition) is 15. The zero-order valence-corrected chi connectivity index (χ0v) is 30.4. The monoisotopic (exact) mass is 804 g/mol. The molecule has 2 aromatic carbocycles. The lowest BCUT2D eigenvalue weighted by Crippen LogP contribution is -2.64. The molecule has 3 heterocycles. The number of amides is 5. The molecule has 3 N–H and O–H groups in total. The Labute approximate surface area is 319 Å². The maximum Gasteiger partial charge on any atom is 0.413 e. The van der Waals surface area contributed by atoms with Crippen molar-refractivity contribution >= 4 is 87.0 Å². The van der Waals surface area contributed by atoms with Crippen molar-refractivity contribution in [3.05, 3.63) is 82.9 Å². The summed E-state index contributed by atoms with van der Waals surface area (Å²) in [4.78, 5) is 106. The Bertz CT molecular complexity index is 1910. The van der Waals surface area contributed by atoms with E-state index in [2.05, 4.69) is 20.8 Å². The minimum Gasteiger partial charge on any atom is -0.448 e. The van der Waals surface area contributed by atoms with Crippen molar-refractivity contribution in [2.24, 2.45) is 5.16 Å². The fourth-order valence-electron chi connectivity index (χ4n) is 5.24. The fraction of sp³-hybridized carbons (Fsp3) is 0.303. The Kier molecular flexibility index (Phi) is 12.8. The Hall–Kier alpha value is -5.63. The van der Waals surface area contributed by atoms with Gasteiger partial charge in [-0.2, -0.15) is 5.06 Å². The number of nitrogens with one attached hydrogen (secondary N) is 3. The van der Waals surface area contributed by atoms with Gasteiger partial charge in [0.05, 0.1) is 6.42 Å². The summed E-state index contributed by atoms with van der Waals surface area (Å²) in [6.07, 6.45) is -3.14. The molecule has 0 aliphatic carbocycles. The van der Waals surface area contributed by atoms with Crippen LogP contribution in [-0.2, 0) is 52.7 Å². The molecule has 2 aliphatic heterocycles. The number of cyclic esters (lactones) is 1. The summed E-state index contributed by atoms with van der Waals surface area (Å²) in [5.41, 5.74) is -4.40. The van der Waals surface area contributed by atoms with E-state index in [9.17, 15) is 33.6 Å². The molecule has 0 saturated carbocycles. The molecule has 0 bridgehead atoms. The highest BCUT2D eigenvalue weighted by molar-refractivity contribution is 7.14. The first-order valence-corrected chi connectivity index (χ1v) is 17.7. The third-order valence-electron chi connectivity index (χ3n) is 7.74. The van der Waals surface area contributed by atoms with E-state index in [1.54, 1.807) is 60.7 Å². The van der Waals surface area contributed by atoms with Gasteiger partial charge in [0.2, 0.25) is 11.8 Å². The van der Waals surface area contributed by atoms with Crippen molar-refractivity contribution in [1.82, 2.24) is 20.7 Å². The summed E-state index contributed by atoms with van der Waals surface area (Å²) in [5, 5.41) is 12.2. The van der Waals surface area contributed by atoms with Gasteiger partial charge in [-0.05, 0) is 11.1 Å². The second-order valence-electron chi connectivity index (χ2n) is 11.4. The molecular weight excluding hydrogens is 775 g/mol. The number of oxime groups is 1. The smallest absolute Gasteiger partial charge is 0.413 e. The molecule has 2 saturated heterocycles. The molecule has 5 amide bonds. The van der Waals surface area contributed by atoms with Gasteiger partial charge in [-0.15, -0.1) is 34.5 Å². The van der Waals surface area contributed by atoms with Crippen molar-refractivity contribution in [3.8, 4) is 0 Å². The van der Waals surface area contributed by atoms with Crippen LogP contribution >= 0.6 is 34.5 Å². The van der Waals surface area contributed by atoms with E-state index in [0.29, 0.717) is 16.2 Å². The Morgan fingerprint density at radius 1 is 1.00 bits per heavy atom. The van der Waals surface area contributed by atoms with Crippen molar-refractivity contribution in [2.75, 3.05) is 37.4 Å². The molecule has 1 aromatic heterocycles. The average Bonchev–Trinajstić information content (AvgIpc) is 3.90. The first-order chi connectivity index (χ1) is 25.9. The van der Waals surface area contributed by atoms with Crippen LogP contribution in [0.4, 0.5) is 9.93 Å². The SMILES string of the molecule is CO/N=C(\C(=O)N[C@@]1(COC(=O)NC(=O)CCl)CON(C2(C(=O)OC(c3ccccc3)c3ccccc3)CCC(=O)O2)C1=O)c1csc(NC(=O)CCl)n1. The fourth-order valence-corrected chi connectivity index (χ4v) is 6.08. The first kappa shape index (κ1) is 39.6. The van der Waals surface area contributed by atoms with Crippen LogP contribution in [0.3, 0.4) is 0 Å². The maximum absolute atomic E-state index is 14.5. The molecule has 284 valence electrons. The van der Waals surface area contributed by atoms with E-state index < -0.39 is 90.3 Å². The molecule has 54 heavy (non-hydrogen) atoms. The highest BCUT2D eigenvalue weighted by Crippen LogP contribution is 2.39. The number of nitrogens with zero attached hydrogens (tertiary/aromatic N) is 3. The van der Waals surface area contributed by atoms with Gasteiger partial charge in [-0.25, -0.2) is 14.6 Å². The number of aromatic nitrogens is 1. The number of alkyl halides is 2. The van der Waals surface area contributed by atoms with Crippen LogP contribution < -0.4 is 16.0 Å². The number of hydrogen-bond donors (Lipinski definition) is 3. The van der Waals surface area contributed by atoms with E-state index in [0.717, 1.165) is 18.4 Å². The molecule has 0 radical (unpaired) electrons. The second-order valence-corrected chi connectivity index (χ2v) is 12.8. The van der Waals surface area contributed by atoms with E-state index in [-0.39, 0.29) is 23.1 Å². The number of benzene rings is 2. The summed E-state index contributed by atoms with van der Waals surface area (Å²) in [5.74, 6) is -6.91. The number of halogens is 2. The van der Waals surface area contributed by atoms with Gasteiger partial charge in [0.1, 0.15) is 37.8 Å².